The van der Waals surface area contributed by atoms with Crippen molar-refractivity contribution in [2.75, 3.05) is 29.5 Å². The first-order valence-electron chi connectivity index (χ1n) is 5.90. The molecule has 106 valence electrons. The molecule has 0 amide bonds. The number of nitrogens with zero attached hydrogens (tertiary/aromatic N) is 2. The predicted octanol–water partition coefficient (Wildman–Crippen LogP) is 1.53. The number of nitrogen functional groups attached to an aromatic ring is 1. The molecule has 0 aliphatic rings. The van der Waals surface area contributed by atoms with Crippen LogP contribution in [0.3, 0.4) is 0 Å². The summed E-state index contributed by atoms with van der Waals surface area (Å²) in [5, 5.41) is 0. The molecule has 0 saturated heterocycles. The molecule has 1 aromatic carbocycles. The quantitative estimate of drug-likeness (QED) is 0.892. The number of para-hydroxylation sites is 2. The number of hydrogen-bond donors (Lipinski definition) is 2. The van der Waals surface area contributed by atoms with Crippen molar-refractivity contribution in [2.24, 2.45) is 0 Å². The third kappa shape index (κ3) is 2.83. The van der Waals surface area contributed by atoms with Gasteiger partial charge in [-0.25, -0.2) is 8.42 Å². The van der Waals surface area contributed by atoms with Crippen LogP contribution in [0.5, 0.6) is 0 Å². The average Bonchev–Trinajstić information content (AvgIpc) is 2.39. The van der Waals surface area contributed by atoms with Crippen LogP contribution in [0.1, 0.15) is 0 Å². The van der Waals surface area contributed by atoms with E-state index < -0.39 is 10.0 Å². The Morgan fingerprint density at radius 2 is 1.90 bits per heavy atom. The molecule has 7 heteroatoms. The molecule has 0 unspecified atom stereocenters. The summed E-state index contributed by atoms with van der Waals surface area (Å²) in [6.45, 7) is 0. The van der Waals surface area contributed by atoms with Gasteiger partial charge in [-0.1, -0.05) is 12.1 Å². The Morgan fingerprint density at radius 3 is 2.55 bits per heavy atom. The number of sulfonamides is 1. The van der Waals surface area contributed by atoms with Crippen molar-refractivity contribution in [3.8, 4) is 0 Å². The molecule has 0 aliphatic carbocycles. The van der Waals surface area contributed by atoms with E-state index >= 15 is 0 Å². The Morgan fingerprint density at radius 1 is 1.20 bits per heavy atom. The highest BCUT2D eigenvalue weighted by Gasteiger charge is 2.19. The van der Waals surface area contributed by atoms with Gasteiger partial charge in [0.2, 0.25) is 0 Å². The minimum atomic E-state index is -3.76. The van der Waals surface area contributed by atoms with Gasteiger partial charge in [-0.2, -0.15) is 0 Å². The Kier molecular flexibility index (Phi) is 3.80. The van der Waals surface area contributed by atoms with Crippen LogP contribution in [0.4, 0.5) is 17.1 Å². The number of nitrogens with one attached hydrogen (secondary N) is 1. The van der Waals surface area contributed by atoms with E-state index in [9.17, 15) is 8.42 Å². The van der Waals surface area contributed by atoms with Crippen LogP contribution in [0.2, 0.25) is 0 Å². The van der Waals surface area contributed by atoms with Crippen molar-refractivity contribution in [1.82, 2.24) is 4.98 Å². The minimum absolute atomic E-state index is 0.0337. The van der Waals surface area contributed by atoms with Crippen LogP contribution in [0, 0.1) is 0 Å². The minimum Gasteiger partial charge on any atom is -0.398 e. The summed E-state index contributed by atoms with van der Waals surface area (Å²) < 4.78 is 27.2. The normalized spacial score (nSPS) is 11.1. The summed E-state index contributed by atoms with van der Waals surface area (Å²) >= 11 is 0. The first-order valence-corrected chi connectivity index (χ1v) is 7.39. The van der Waals surface area contributed by atoms with E-state index in [0.717, 1.165) is 5.69 Å². The fourth-order valence-corrected chi connectivity index (χ4v) is 2.91. The largest absolute Gasteiger partial charge is 0.398 e. The summed E-state index contributed by atoms with van der Waals surface area (Å²) in [6.07, 6.45) is 2.68. The van der Waals surface area contributed by atoms with Crippen LogP contribution in [0.25, 0.3) is 0 Å². The van der Waals surface area contributed by atoms with Gasteiger partial charge < -0.3 is 10.6 Å². The van der Waals surface area contributed by atoms with Crippen LogP contribution >= 0.6 is 0 Å². The van der Waals surface area contributed by atoms with E-state index in [2.05, 4.69) is 9.71 Å². The molecule has 3 N–H and O–H groups in total. The predicted molar refractivity (Wildman–Crippen MR) is 80.2 cm³/mol. The van der Waals surface area contributed by atoms with Crippen LogP contribution in [-0.2, 0) is 10.0 Å². The zero-order valence-electron chi connectivity index (χ0n) is 11.2. The van der Waals surface area contributed by atoms with E-state index in [0.29, 0.717) is 5.69 Å². The molecule has 20 heavy (non-hydrogen) atoms. The maximum Gasteiger partial charge on any atom is 0.265 e. The van der Waals surface area contributed by atoms with Crippen LogP contribution < -0.4 is 15.4 Å². The van der Waals surface area contributed by atoms with Crippen LogP contribution in [0.15, 0.2) is 47.6 Å². The highest BCUT2D eigenvalue weighted by molar-refractivity contribution is 7.92. The molecule has 6 nitrogen and oxygen atoms in total. The summed E-state index contributed by atoms with van der Waals surface area (Å²) in [6, 6.07) is 8.57. The summed E-state index contributed by atoms with van der Waals surface area (Å²) in [5.41, 5.74) is 7.10. The number of rotatable bonds is 4. The van der Waals surface area contributed by atoms with Crippen LogP contribution in [-0.4, -0.2) is 27.5 Å². The monoisotopic (exact) mass is 292 g/mol. The van der Waals surface area contributed by atoms with Gasteiger partial charge in [-0.05, 0) is 18.2 Å². The molecule has 1 heterocycles. The molecule has 0 aliphatic heterocycles. The lowest BCUT2D eigenvalue weighted by atomic mass is 10.2. The molecule has 0 bridgehead atoms. The van der Waals surface area contributed by atoms with Crippen molar-refractivity contribution in [3.63, 3.8) is 0 Å². The van der Waals surface area contributed by atoms with E-state index in [-0.39, 0.29) is 10.6 Å². The van der Waals surface area contributed by atoms with Crippen molar-refractivity contribution in [1.29, 1.82) is 0 Å². The second-order valence-electron chi connectivity index (χ2n) is 4.43. The first kappa shape index (κ1) is 14.1. The third-order valence-electron chi connectivity index (χ3n) is 2.74. The molecular formula is C13H16N4O2S. The summed E-state index contributed by atoms with van der Waals surface area (Å²) in [4.78, 5) is 5.59. The van der Waals surface area contributed by atoms with Gasteiger partial charge in [0.15, 0.2) is 0 Å². The lowest BCUT2D eigenvalue weighted by Crippen LogP contribution is -2.18. The number of benzene rings is 1. The molecule has 0 saturated carbocycles. The van der Waals surface area contributed by atoms with E-state index in [1.807, 2.05) is 31.1 Å². The van der Waals surface area contributed by atoms with E-state index in [1.165, 1.54) is 18.5 Å². The van der Waals surface area contributed by atoms with Crippen molar-refractivity contribution >= 4 is 27.1 Å². The lowest BCUT2D eigenvalue weighted by molar-refractivity contribution is 0.601. The lowest BCUT2D eigenvalue weighted by Gasteiger charge is -2.18. The number of nitrogens with two attached hydrogens (primary N) is 1. The summed E-state index contributed by atoms with van der Waals surface area (Å²) in [7, 11) is -0.0865. The number of hydrogen-bond acceptors (Lipinski definition) is 5. The highest BCUT2D eigenvalue weighted by atomic mass is 32.2. The van der Waals surface area contributed by atoms with Gasteiger partial charge >= 0.3 is 0 Å². The van der Waals surface area contributed by atoms with Gasteiger partial charge in [0.25, 0.3) is 10.0 Å². The second kappa shape index (κ2) is 5.38. The average molecular weight is 292 g/mol. The standard InChI is InChI=1S/C13H16N4O2S/c1-17(2)12-6-4-3-5-11(12)16-20(18,19)13-9-15-8-7-10(13)14/h3-9,16H,1-2H3,(H2,14,15). The van der Waals surface area contributed by atoms with Crippen molar-refractivity contribution in [3.05, 3.63) is 42.7 Å². The van der Waals surface area contributed by atoms with E-state index in [1.54, 1.807) is 12.1 Å². The molecule has 0 radical (unpaired) electrons. The maximum atomic E-state index is 12.3. The number of anilines is 3. The highest BCUT2D eigenvalue weighted by Crippen LogP contribution is 2.27. The van der Waals surface area contributed by atoms with Gasteiger partial charge in [0.05, 0.1) is 17.1 Å². The van der Waals surface area contributed by atoms with Gasteiger partial charge in [0, 0.05) is 26.5 Å². The molecule has 2 rings (SSSR count). The van der Waals surface area contributed by atoms with Gasteiger partial charge in [0.1, 0.15) is 4.90 Å². The fraction of sp³-hybridized carbons (Fsp3) is 0.154. The Balaban J connectivity index is 2.42. The molecule has 0 spiro atoms. The topological polar surface area (TPSA) is 88.3 Å². The third-order valence-corrected chi connectivity index (χ3v) is 4.14. The Hall–Kier alpha value is -2.28. The Bertz CT molecular complexity index is 714. The second-order valence-corrected chi connectivity index (χ2v) is 6.08. The fourth-order valence-electron chi connectivity index (χ4n) is 1.76. The van der Waals surface area contributed by atoms with E-state index in [4.69, 9.17) is 5.73 Å². The smallest absolute Gasteiger partial charge is 0.265 e. The molecule has 0 atom stereocenters. The van der Waals surface area contributed by atoms with Crippen molar-refractivity contribution in [2.45, 2.75) is 4.90 Å². The maximum absolute atomic E-state index is 12.3. The molecule has 2 aromatic rings. The molecule has 1 aromatic heterocycles. The zero-order chi connectivity index (χ0) is 14.8. The Labute approximate surface area is 118 Å². The van der Waals surface area contributed by atoms with Gasteiger partial charge in [-0.15, -0.1) is 0 Å². The number of pyridine rings is 1. The molecule has 0 fully saturated rings. The van der Waals surface area contributed by atoms with Gasteiger partial charge in [-0.3, -0.25) is 9.71 Å². The zero-order valence-corrected chi connectivity index (χ0v) is 12.1. The van der Waals surface area contributed by atoms with Crippen molar-refractivity contribution < 1.29 is 8.42 Å². The molecular weight excluding hydrogens is 276 g/mol. The number of aromatic nitrogens is 1. The summed E-state index contributed by atoms with van der Waals surface area (Å²) in [5.74, 6) is 0. The SMILES string of the molecule is CN(C)c1ccccc1NS(=O)(=O)c1cnccc1N. The first-order chi connectivity index (χ1) is 9.42.